The highest BCUT2D eigenvalue weighted by Crippen LogP contribution is 2.24. The molecule has 0 saturated heterocycles. The fourth-order valence-corrected chi connectivity index (χ4v) is 1.46. The van der Waals surface area contributed by atoms with Crippen molar-refractivity contribution < 1.29 is 4.74 Å². The Balaban J connectivity index is 2.58. The number of benzene rings is 1. The Hall–Kier alpha value is -1.22. The van der Waals surface area contributed by atoms with Gasteiger partial charge < -0.3 is 15.8 Å². The van der Waals surface area contributed by atoms with Crippen LogP contribution in [0.15, 0.2) is 24.3 Å². The number of anilines is 1. The highest BCUT2D eigenvalue weighted by atomic mass is 16.5. The van der Waals surface area contributed by atoms with Gasteiger partial charge in [-0.1, -0.05) is 39.8 Å². The van der Waals surface area contributed by atoms with Gasteiger partial charge in [-0.05, 0) is 24.0 Å². The van der Waals surface area contributed by atoms with Gasteiger partial charge in [0.1, 0.15) is 5.75 Å². The molecule has 0 aliphatic heterocycles. The minimum absolute atomic E-state index is 0.156. The standard InChI is InChI=1S/C15H26N2O/c1-11(2)10-18-15-8-6-5-7-14(15)17-9-13(16)12(3)4/h5-8,11-13,17H,9-10,16H2,1-4H3. The molecule has 0 aliphatic rings. The van der Waals surface area contributed by atoms with Crippen molar-refractivity contribution in [2.45, 2.75) is 33.7 Å². The maximum absolute atomic E-state index is 6.03. The van der Waals surface area contributed by atoms with Crippen molar-refractivity contribution in [3.05, 3.63) is 24.3 Å². The zero-order valence-corrected chi connectivity index (χ0v) is 11.9. The summed E-state index contributed by atoms with van der Waals surface area (Å²) < 4.78 is 5.79. The Kier molecular flexibility index (Phi) is 5.99. The monoisotopic (exact) mass is 250 g/mol. The van der Waals surface area contributed by atoms with Crippen molar-refractivity contribution in [3.8, 4) is 5.75 Å². The van der Waals surface area contributed by atoms with Crippen molar-refractivity contribution in [1.29, 1.82) is 0 Å². The Morgan fingerprint density at radius 2 is 1.83 bits per heavy atom. The molecule has 1 aromatic carbocycles. The van der Waals surface area contributed by atoms with Gasteiger partial charge in [-0.3, -0.25) is 0 Å². The number of nitrogens with one attached hydrogen (secondary N) is 1. The quantitative estimate of drug-likeness (QED) is 0.781. The molecule has 0 amide bonds. The number of para-hydroxylation sites is 2. The van der Waals surface area contributed by atoms with Gasteiger partial charge in [0, 0.05) is 12.6 Å². The van der Waals surface area contributed by atoms with E-state index in [0.29, 0.717) is 11.8 Å². The van der Waals surface area contributed by atoms with E-state index in [1.54, 1.807) is 0 Å². The van der Waals surface area contributed by atoms with E-state index in [1.165, 1.54) is 0 Å². The molecule has 1 aromatic rings. The van der Waals surface area contributed by atoms with Crippen LogP contribution in [-0.4, -0.2) is 19.2 Å². The van der Waals surface area contributed by atoms with Gasteiger partial charge in [0.25, 0.3) is 0 Å². The van der Waals surface area contributed by atoms with Gasteiger partial charge in [0.2, 0.25) is 0 Å². The SMILES string of the molecule is CC(C)COc1ccccc1NCC(N)C(C)C. The number of ether oxygens (including phenoxy) is 1. The molecule has 0 bridgehead atoms. The lowest BCUT2D eigenvalue weighted by Crippen LogP contribution is -2.34. The molecule has 3 N–H and O–H groups in total. The van der Waals surface area contributed by atoms with Crippen molar-refractivity contribution in [1.82, 2.24) is 0 Å². The fourth-order valence-electron chi connectivity index (χ4n) is 1.46. The molecule has 0 spiro atoms. The fraction of sp³-hybridized carbons (Fsp3) is 0.600. The summed E-state index contributed by atoms with van der Waals surface area (Å²) in [6, 6.07) is 8.17. The average Bonchev–Trinajstić information content (AvgIpc) is 2.34. The predicted octanol–water partition coefficient (Wildman–Crippen LogP) is 3.12. The number of hydrogen-bond acceptors (Lipinski definition) is 3. The van der Waals surface area contributed by atoms with Crippen LogP contribution >= 0.6 is 0 Å². The Bertz CT molecular complexity index is 350. The molecule has 18 heavy (non-hydrogen) atoms. The Labute approximate surface area is 111 Å². The summed E-state index contributed by atoms with van der Waals surface area (Å²) in [6.07, 6.45) is 0. The third-order valence-corrected chi connectivity index (χ3v) is 2.84. The van der Waals surface area contributed by atoms with E-state index < -0.39 is 0 Å². The summed E-state index contributed by atoms with van der Waals surface area (Å²) in [5.74, 6) is 1.90. The summed E-state index contributed by atoms with van der Waals surface area (Å²) in [5.41, 5.74) is 7.06. The van der Waals surface area contributed by atoms with Gasteiger partial charge in [-0.15, -0.1) is 0 Å². The molecule has 1 unspecified atom stereocenters. The van der Waals surface area contributed by atoms with E-state index in [9.17, 15) is 0 Å². The van der Waals surface area contributed by atoms with Crippen LogP contribution < -0.4 is 15.8 Å². The van der Waals surface area contributed by atoms with Crippen LogP contribution in [0.2, 0.25) is 0 Å². The first-order chi connectivity index (χ1) is 8.50. The van der Waals surface area contributed by atoms with Crippen molar-refractivity contribution in [2.75, 3.05) is 18.5 Å². The van der Waals surface area contributed by atoms with Gasteiger partial charge in [-0.25, -0.2) is 0 Å². The highest BCUT2D eigenvalue weighted by molar-refractivity contribution is 5.56. The van der Waals surface area contributed by atoms with Crippen molar-refractivity contribution in [3.63, 3.8) is 0 Å². The molecule has 1 rings (SSSR count). The van der Waals surface area contributed by atoms with Crippen LogP contribution in [0.1, 0.15) is 27.7 Å². The van der Waals surface area contributed by atoms with Crippen LogP contribution in [0.5, 0.6) is 5.75 Å². The summed E-state index contributed by atoms with van der Waals surface area (Å²) in [4.78, 5) is 0. The molecular formula is C15H26N2O. The number of hydrogen-bond donors (Lipinski definition) is 2. The van der Waals surface area contributed by atoms with Gasteiger partial charge in [0.15, 0.2) is 0 Å². The Morgan fingerprint density at radius 1 is 1.17 bits per heavy atom. The molecule has 102 valence electrons. The van der Waals surface area contributed by atoms with Crippen molar-refractivity contribution >= 4 is 5.69 Å². The third kappa shape index (κ3) is 4.96. The molecule has 3 nitrogen and oxygen atoms in total. The zero-order valence-electron chi connectivity index (χ0n) is 11.9. The molecule has 1 atom stereocenters. The molecule has 0 aliphatic carbocycles. The normalized spacial score (nSPS) is 12.8. The van der Waals surface area contributed by atoms with E-state index in [2.05, 4.69) is 33.0 Å². The minimum atomic E-state index is 0.156. The van der Waals surface area contributed by atoms with E-state index >= 15 is 0 Å². The average molecular weight is 250 g/mol. The zero-order chi connectivity index (χ0) is 13.5. The predicted molar refractivity (Wildman–Crippen MR) is 78.1 cm³/mol. The van der Waals surface area contributed by atoms with Crippen molar-refractivity contribution in [2.24, 2.45) is 17.6 Å². The van der Waals surface area contributed by atoms with E-state index in [4.69, 9.17) is 10.5 Å². The first kappa shape index (κ1) is 14.8. The molecule has 0 aromatic heterocycles. The second-order valence-corrected chi connectivity index (χ2v) is 5.49. The molecule has 0 fully saturated rings. The minimum Gasteiger partial charge on any atom is -0.491 e. The van der Waals surface area contributed by atoms with Crippen LogP contribution in [0.25, 0.3) is 0 Å². The second-order valence-electron chi connectivity index (χ2n) is 5.49. The van der Waals surface area contributed by atoms with E-state index in [0.717, 1.165) is 24.6 Å². The molecule has 3 heteroatoms. The Morgan fingerprint density at radius 3 is 2.44 bits per heavy atom. The first-order valence-electron chi connectivity index (χ1n) is 6.72. The smallest absolute Gasteiger partial charge is 0.142 e. The maximum Gasteiger partial charge on any atom is 0.142 e. The van der Waals surface area contributed by atoms with Crippen LogP contribution in [0.4, 0.5) is 5.69 Å². The molecule has 0 radical (unpaired) electrons. The summed E-state index contributed by atoms with van der Waals surface area (Å²) in [6.45, 7) is 10.0. The summed E-state index contributed by atoms with van der Waals surface area (Å²) in [5, 5.41) is 3.37. The maximum atomic E-state index is 6.03. The largest absolute Gasteiger partial charge is 0.491 e. The van der Waals surface area contributed by atoms with E-state index in [-0.39, 0.29) is 6.04 Å². The van der Waals surface area contributed by atoms with Gasteiger partial charge >= 0.3 is 0 Å². The molecular weight excluding hydrogens is 224 g/mol. The second kappa shape index (κ2) is 7.27. The summed E-state index contributed by atoms with van der Waals surface area (Å²) in [7, 11) is 0. The lowest BCUT2D eigenvalue weighted by molar-refractivity contribution is 0.272. The third-order valence-electron chi connectivity index (χ3n) is 2.84. The molecule has 0 saturated carbocycles. The number of nitrogens with two attached hydrogens (primary N) is 1. The molecule has 0 heterocycles. The topological polar surface area (TPSA) is 47.3 Å². The highest BCUT2D eigenvalue weighted by Gasteiger charge is 2.09. The lowest BCUT2D eigenvalue weighted by atomic mass is 10.1. The van der Waals surface area contributed by atoms with Gasteiger partial charge in [0.05, 0.1) is 12.3 Å². The van der Waals surface area contributed by atoms with Crippen LogP contribution in [0.3, 0.4) is 0 Å². The first-order valence-corrected chi connectivity index (χ1v) is 6.72. The van der Waals surface area contributed by atoms with Crippen LogP contribution in [0, 0.1) is 11.8 Å². The van der Waals surface area contributed by atoms with Crippen LogP contribution in [-0.2, 0) is 0 Å². The van der Waals surface area contributed by atoms with E-state index in [1.807, 2.05) is 24.3 Å². The van der Waals surface area contributed by atoms with Gasteiger partial charge in [-0.2, -0.15) is 0 Å². The summed E-state index contributed by atoms with van der Waals surface area (Å²) >= 11 is 0. The lowest BCUT2D eigenvalue weighted by Gasteiger charge is -2.19. The number of rotatable bonds is 7.